The van der Waals surface area contributed by atoms with Gasteiger partial charge in [-0.25, -0.2) is 0 Å². The Bertz CT molecular complexity index is 568. The molecule has 0 spiro atoms. The van der Waals surface area contributed by atoms with Crippen molar-refractivity contribution >= 4 is 11.8 Å². The number of carbonyl (C=O) groups excluding carboxylic acids is 2. The SMILES string of the molecule is CCc1c(C(=O)NCC(=O)N2CCOCC2)cnn1C(C)(C)C. The van der Waals surface area contributed by atoms with Crippen LogP contribution in [-0.4, -0.2) is 59.3 Å². The minimum Gasteiger partial charge on any atom is -0.378 e. The zero-order valence-corrected chi connectivity index (χ0v) is 14.4. The summed E-state index contributed by atoms with van der Waals surface area (Å²) in [5, 5.41) is 7.05. The third-order valence-corrected chi connectivity index (χ3v) is 3.85. The number of aromatic nitrogens is 2. The maximum Gasteiger partial charge on any atom is 0.255 e. The standard InChI is InChI=1S/C16H26N4O3/c1-5-13-12(10-18-20(13)16(2,3)4)15(22)17-11-14(21)19-6-8-23-9-7-19/h10H,5-9,11H2,1-4H3,(H,17,22). The molecule has 1 N–H and O–H groups in total. The molecule has 2 rings (SSSR count). The molecule has 1 aliphatic heterocycles. The maximum atomic E-state index is 12.4. The fourth-order valence-electron chi connectivity index (χ4n) is 2.66. The van der Waals surface area contributed by atoms with Crippen molar-refractivity contribution in [3.8, 4) is 0 Å². The number of carbonyl (C=O) groups is 2. The topological polar surface area (TPSA) is 76.5 Å². The van der Waals surface area contributed by atoms with Gasteiger partial charge in [0.05, 0.1) is 42.8 Å². The molecule has 1 aromatic heterocycles. The van der Waals surface area contributed by atoms with Crippen molar-refractivity contribution in [2.45, 2.75) is 39.7 Å². The summed E-state index contributed by atoms with van der Waals surface area (Å²) < 4.78 is 7.08. The first-order valence-electron chi connectivity index (χ1n) is 8.05. The summed E-state index contributed by atoms with van der Waals surface area (Å²) in [5.41, 5.74) is 1.24. The lowest BCUT2D eigenvalue weighted by atomic mass is 10.1. The van der Waals surface area contributed by atoms with Gasteiger partial charge in [0.15, 0.2) is 0 Å². The Hall–Kier alpha value is -1.89. The van der Waals surface area contributed by atoms with Gasteiger partial charge in [0.2, 0.25) is 5.91 Å². The summed E-state index contributed by atoms with van der Waals surface area (Å²) in [5.74, 6) is -0.332. The molecule has 1 aliphatic rings. The monoisotopic (exact) mass is 322 g/mol. The Morgan fingerprint density at radius 2 is 1.96 bits per heavy atom. The molecule has 128 valence electrons. The number of ether oxygens (including phenoxy) is 1. The van der Waals surface area contributed by atoms with E-state index in [2.05, 4.69) is 10.4 Å². The maximum absolute atomic E-state index is 12.4. The summed E-state index contributed by atoms with van der Waals surface area (Å²) in [6.07, 6.45) is 2.29. The summed E-state index contributed by atoms with van der Waals surface area (Å²) in [6, 6.07) is 0. The van der Waals surface area contributed by atoms with Gasteiger partial charge in [-0.3, -0.25) is 14.3 Å². The molecule has 0 radical (unpaired) electrons. The molecule has 0 atom stereocenters. The van der Waals surface area contributed by atoms with Crippen LogP contribution in [0.15, 0.2) is 6.20 Å². The number of hydrogen-bond acceptors (Lipinski definition) is 4. The summed E-state index contributed by atoms with van der Waals surface area (Å²) in [7, 11) is 0. The van der Waals surface area contributed by atoms with Crippen molar-refractivity contribution in [1.82, 2.24) is 20.0 Å². The van der Waals surface area contributed by atoms with Crippen LogP contribution in [0.2, 0.25) is 0 Å². The van der Waals surface area contributed by atoms with Gasteiger partial charge in [0.1, 0.15) is 0 Å². The molecule has 1 saturated heterocycles. The molecule has 1 fully saturated rings. The quantitative estimate of drug-likeness (QED) is 0.889. The van der Waals surface area contributed by atoms with Crippen molar-refractivity contribution in [2.24, 2.45) is 0 Å². The van der Waals surface area contributed by atoms with Gasteiger partial charge in [-0.1, -0.05) is 6.92 Å². The van der Waals surface area contributed by atoms with E-state index in [1.165, 1.54) is 0 Å². The largest absolute Gasteiger partial charge is 0.378 e. The van der Waals surface area contributed by atoms with Gasteiger partial charge >= 0.3 is 0 Å². The highest BCUT2D eigenvalue weighted by atomic mass is 16.5. The molecule has 2 amide bonds. The second-order valence-electron chi connectivity index (χ2n) is 6.62. The summed E-state index contributed by atoms with van der Waals surface area (Å²) in [4.78, 5) is 26.2. The minimum absolute atomic E-state index is 0.00266. The third-order valence-electron chi connectivity index (χ3n) is 3.85. The van der Waals surface area contributed by atoms with Gasteiger partial charge < -0.3 is 15.0 Å². The lowest BCUT2D eigenvalue weighted by molar-refractivity contribution is -0.134. The van der Waals surface area contributed by atoms with E-state index < -0.39 is 0 Å². The van der Waals surface area contributed by atoms with Crippen LogP contribution in [0.1, 0.15) is 43.7 Å². The van der Waals surface area contributed by atoms with Crippen LogP contribution in [0.4, 0.5) is 0 Å². The van der Waals surface area contributed by atoms with Crippen molar-refractivity contribution in [2.75, 3.05) is 32.8 Å². The van der Waals surface area contributed by atoms with Gasteiger partial charge in [-0.15, -0.1) is 0 Å². The smallest absolute Gasteiger partial charge is 0.255 e. The first-order valence-corrected chi connectivity index (χ1v) is 8.05. The molecule has 2 heterocycles. The highest BCUT2D eigenvalue weighted by Crippen LogP contribution is 2.19. The Kier molecular flexibility index (Phi) is 5.41. The molecule has 0 aromatic carbocycles. The van der Waals surface area contributed by atoms with Crippen molar-refractivity contribution in [3.05, 3.63) is 17.5 Å². The van der Waals surface area contributed by atoms with Crippen molar-refractivity contribution in [3.63, 3.8) is 0 Å². The van der Waals surface area contributed by atoms with Gasteiger partial charge in [0, 0.05) is 13.1 Å². The molecule has 0 unspecified atom stereocenters. The predicted molar refractivity (Wildman–Crippen MR) is 86.3 cm³/mol. The average Bonchev–Trinajstić information content (AvgIpc) is 2.97. The van der Waals surface area contributed by atoms with Crippen LogP contribution < -0.4 is 5.32 Å². The molecule has 0 saturated carbocycles. The van der Waals surface area contributed by atoms with Gasteiger partial charge in [0.25, 0.3) is 5.91 Å². The van der Waals surface area contributed by atoms with E-state index in [0.717, 1.165) is 5.69 Å². The molecular weight excluding hydrogens is 296 g/mol. The van der Waals surface area contributed by atoms with Crippen LogP contribution in [0.5, 0.6) is 0 Å². The fraction of sp³-hybridized carbons (Fsp3) is 0.688. The second-order valence-corrected chi connectivity index (χ2v) is 6.62. The van der Waals surface area contributed by atoms with Crippen molar-refractivity contribution in [1.29, 1.82) is 0 Å². The molecular formula is C16H26N4O3. The third kappa shape index (κ3) is 4.10. The number of rotatable bonds is 4. The molecule has 7 heteroatoms. The second kappa shape index (κ2) is 7.12. The van der Waals surface area contributed by atoms with Crippen LogP contribution in [-0.2, 0) is 21.5 Å². The number of morpholine rings is 1. The van der Waals surface area contributed by atoms with Crippen LogP contribution in [0, 0.1) is 0 Å². The molecule has 1 aromatic rings. The van der Waals surface area contributed by atoms with E-state index in [9.17, 15) is 9.59 Å². The number of hydrogen-bond donors (Lipinski definition) is 1. The highest BCUT2D eigenvalue weighted by molar-refractivity contribution is 5.97. The van der Waals surface area contributed by atoms with Crippen LogP contribution >= 0.6 is 0 Å². The van der Waals surface area contributed by atoms with E-state index in [1.807, 2.05) is 32.4 Å². The van der Waals surface area contributed by atoms with E-state index in [0.29, 0.717) is 38.3 Å². The van der Waals surface area contributed by atoms with E-state index in [1.54, 1.807) is 11.1 Å². The fourth-order valence-corrected chi connectivity index (χ4v) is 2.66. The molecule has 23 heavy (non-hydrogen) atoms. The van der Waals surface area contributed by atoms with E-state index in [-0.39, 0.29) is 23.9 Å². The zero-order valence-electron chi connectivity index (χ0n) is 14.4. The Balaban J connectivity index is 2.01. The lowest BCUT2D eigenvalue weighted by Crippen LogP contribution is -2.45. The summed E-state index contributed by atoms with van der Waals surface area (Å²) in [6.45, 7) is 10.4. The molecule has 0 aliphatic carbocycles. The predicted octanol–water partition coefficient (Wildman–Crippen LogP) is 0.789. The summed E-state index contributed by atoms with van der Waals surface area (Å²) >= 11 is 0. The van der Waals surface area contributed by atoms with Crippen molar-refractivity contribution < 1.29 is 14.3 Å². The normalized spacial score (nSPS) is 15.6. The van der Waals surface area contributed by atoms with E-state index in [4.69, 9.17) is 4.74 Å². The lowest BCUT2D eigenvalue weighted by Gasteiger charge is -2.26. The number of nitrogens with zero attached hydrogens (tertiary/aromatic N) is 3. The Morgan fingerprint density at radius 1 is 1.30 bits per heavy atom. The van der Waals surface area contributed by atoms with Gasteiger partial charge in [-0.05, 0) is 27.2 Å². The van der Waals surface area contributed by atoms with Crippen LogP contribution in [0.25, 0.3) is 0 Å². The minimum atomic E-state index is -0.251. The molecule has 0 bridgehead atoms. The Labute approximate surface area is 137 Å². The average molecular weight is 322 g/mol. The highest BCUT2D eigenvalue weighted by Gasteiger charge is 2.24. The van der Waals surface area contributed by atoms with E-state index >= 15 is 0 Å². The number of nitrogens with one attached hydrogen (secondary N) is 1. The van der Waals surface area contributed by atoms with Crippen LogP contribution in [0.3, 0.4) is 0 Å². The first-order chi connectivity index (χ1) is 10.8. The number of amides is 2. The zero-order chi connectivity index (χ0) is 17.0. The first kappa shape index (κ1) is 17.5. The Morgan fingerprint density at radius 3 is 2.52 bits per heavy atom. The molecule has 7 nitrogen and oxygen atoms in total. The van der Waals surface area contributed by atoms with Gasteiger partial charge in [-0.2, -0.15) is 5.10 Å².